The molecule has 0 saturated heterocycles. The number of hydrogen-bond donors (Lipinski definition) is 0. The van der Waals surface area contributed by atoms with Crippen molar-refractivity contribution in [2.45, 2.75) is 17.1 Å². The van der Waals surface area contributed by atoms with Gasteiger partial charge < -0.3 is 4.74 Å². The summed E-state index contributed by atoms with van der Waals surface area (Å²) < 4.78 is 31.6. The fourth-order valence-corrected chi connectivity index (χ4v) is 2.26. The second-order valence-electron chi connectivity index (χ2n) is 2.80. The molecule has 0 spiro atoms. The summed E-state index contributed by atoms with van der Waals surface area (Å²) in [7, 11) is 0. The van der Waals surface area contributed by atoms with E-state index >= 15 is 0 Å². The average Bonchev–Trinajstić information content (AvgIpc) is 2.17. The van der Waals surface area contributed by atoms with E-state index in [-0.39, 0.29) is 18.4 Å². The van der Waals surface area contributed by atoms with E-state index in [1.807, 2.05) is 0 Å². The van der Waals surface area contributed by atoms with Gasteiger partial charge >= 0.3 is 11.2 Å². The lowest BCUT2D eigenvalue weighted by molar-refractivity contribution is -0.159. The largest absolute Gasteiger partial charge is 0.461 e. The Balaban J connectivity index is 2.75. The molecule has 1 aromatic rings. The van der Waals surface area contributed by atoms with Crippen molar-refractivity contribution >= 4 is 33.7 Å². The van der Waals surface area contributed by atoms with Crippen LogP contribution >= 0.6 is 27.7 Å². The van der Waals surface area contributed by atoms with Crippen LogP contribution in [0.3, 0.4) is 0 Å². The van der Waals surface area contributed by atoms with Crippen LogP contribution < -0.4 is 0 Å². The smallest absolute Gasteiger partial charge is 0.393 e. The summed E-state index contributed by atoms with van der Waals surface area (Å²) in [6, 6.07) is 6.35. The highest BCUT2D eigenvalue weighted by atomic mass is 79.9. The van der Waals surface area contributed by atoms with Gasteiger partial charge in [-0.3, -0.25) is 0 Å². The molecule has 0 atom stereocenters. The number of ether oxygens (including phenoxy) is 1. The second kappa shape index (κ2) is 5.63. The Labute approximate surface area is 104 Å². The number of halogens is 3. The third-order valence-electron chi connectivity index (χ3n) is 1.56. The third-order valence-corrected chi connectivity index (χ3v) is 2.96. The molecule has 16 heavy (non-hydrogen) atoms. The Morgan fingerprint density at radius 3 is 2.81 bits per heavy atom. The van der Waals surface area contributed by atoms with E-state index in [1.165, 1.54) is 19.1 Å². The molecule has 2 nitrogen and oxygen atoms in total. The lowest BCUT2D eigenvalue weighted by atomic mass is 10.4. The fraction of sp³-hybridized carbons (Fsp3) is 0.300. The summed E-state index contributed by atoms with van der Waals surface area (Å²) >= 11 is 3.33. The Bertz CT molecular complexity index is 385. The van der Waals surface area contributed by atoms with Crippen molar-refractivity contribution in [2.75, 3.05) is 6.61 Å². The first-order chi connectivity index (χ1) is 7.45. The van der Waals surface area contributed by atoms with Crippen molar-refractivity contribution in [1.29, 1.82) is 0 Å². The van der Waals surface area contributed by atoms with E-state index in [9.17, 15) is 13.6 Å². The number of benzene rings is 1. The van der Waals surface area contributed by atoms with E-state index in [0.29, 0.717) is 9.37 Å². The van der Waals surface area contributed by atoms with Crippen molar-refractivity contribution in [3.63, 3.8) is 0 Å². The van der Waals surface area contributed by atoms with Gasteiger partial charge in [-0.05, 0) is 36.9 Å². The van der Waals surface area contributed by atoms with Crippen LogP contribution in [0.4, 0.5) is 8.78 Å². The molecule has 0 fully saturated rings. The monoisotopic (exact) mass is 310 g/mol. The van der Waals surface area contributed by atoms with Crippen LogP contribution in [-0.2, 0) is 9.53 Å². The van der Waals surface area contributed by atoms with Crippen molar-refractivity contribution in [3.8, 4) is 0 Å². The minimum absolute atomic E-state index is 0.0620. The number of hydrogen-bond acceptors (Lipinski definition) is 3. The van der Waals surface area contributed by atoms with Gasteiger partial charge in [0.25, 0.3) is 0 Å². The van der Waals surface area contributed by atoms with Crippen LogP contribution in [0, 0.1) is 0 Å². The maximum absolute atomic E-state index is 13.3. The lowest BCUT2D eigenvalue weighted by Crippen LogP contribution is -2.26. The van der Waals surface area contributed by atoms with Crippen LogP contribution in [0.5, 0.6) is 0 Å². The van der Waals surface area contributed by atoms with Crippen LogP contribution in [0.2, 0.25) is 0 Å². The predicted molar refractivity (Wildman–Crippen MR) is 61.6 cm³/mol. The number of thioether (sulfide) groups is 1. The van der Waals surface area contributed by atoms with Crippen molar-refractivity contribution < 1.29 is 18.3 Å². The highest BCUT2D eigenvalue weighted by Gasteiger charge is 2.41. The molecule has 1 aromatic carbocycles. The van der Waals surface area contributed by atoms with Crippen LogP contribution in [0.1, 0.15) is 6.92 Å². The summed E-state index contributed by atoms with van der Waals surface area (Å²) in [5.74, 6) is -1.51. The van der Waals surface area contributed by atoms with Gasteiger partial charge in [0.15, 0.2) is 0 Å². The van der Waals surface area contributed by atoms with Gasteiger partial charge in [0.1, 0.15) is 0 Å². The summed E-state index contributed by atoms with van der Waals surface area (Å²) in [5.41, 5.74) is 0. The van der Waals surface area contributed by atoms with Gasteiger partial charge in [-0.1, -0.05) is 22.0 Å². The first kappa shape index (κ1) is 13.4. The molecule has 0 saturated carbocycles. The van der Waals surface area contributed by atoms with Crippen molar-refractivity contribution in [1.82, 2.24) is 0 Å². The average molecular weight is 311 g/mol. The fourth-order valence-electron chi connectivity index (χ4n) is 0.935. The zero-order chi connectivity index (χ0) is 12.2. The normalized spacial score (nSPS) is 11.2. The maximum Gasteiger partial charge on any atom is 0.393 e. The number of alkyl halides is 2. The molecule has 0 heterocycles. The second-order valence-corrected chi connectivity index (χ2v) is 4.90. The van der Waals surface area contributed by atoms with Crippen molar-refractivity contribution in [2.24, 2.45) is 0 Å². The number of carbonyl (C=O) groups is 1. The first-order valence-corrected chi connectivity index (χ1v) is 6.06. The minimum Gasteiger partial charge on any atom is -0.461 e. The molecule has 0 aromatic heterocycles. The number of carbonyl (C=O) groups excluding carboxylic acids is 1. The Morgan fingerprint density at radius 1 is 1.56 bits per heavy atom. The summed E-state index contributed by atoms with van der Waals surface area (Å²) in [4.78, 5) is 11.2. The summed E-state index contributed by atoms with van der Waals surface area (Å²) in [6.45, 7) is 1.42. The van der Waals surface area contributed by atoms with Gasteiger partial charge in [0, 0.05) is 9.37 Å². The molecule has 0 aliphatic heterocycles. The van der Waals surface area contributed by atoms with Gasteiger partial charge in [-0.15, -0.1) is 0 Å². The molecule has 0 unspecified atom stereocenters. The molecule has 0 bridgehead atoms. The quantitative estimate of drug-likeness (QED) is 0.626. The van der Waals surface area contributed by atoms with E-state index < -0.39 is 11.2 Å². The van der Waals surface area contributed by atoms with Gasteiger partial charge in [0.05, 0.1) is 6.61 Å². The van der Waals surface area contributed by atoms with Crippen molar-refractivity contribution in [3.05, 3.63) is 28.7 Å². The highest BCUT2D eigenvalue weighted by molar-refractivity contribution is 9.10. The maximum atomic E-state index is 13.3. The molecule has 0 amide bonds. The molecular weight excluding hydrogens is 302 g/mol. The van der Waals surface area contributed by atoms with Crippen LogP contribution in [0.15, 0.2) is 33.6 Å². The predicted octanol–water partition coefficient (Wildman–Crippen LogP) is 3.70. The van der Waals surface area contributed by atoms with Gasteiger partial charge in [-0.25, -0.2) is 4.79 Å². The number of esters is 1. The molecule has 6 heteroatoms. The first-order valence-electron chi connectivity index (χ1n) is 4.45. The van der Waals surface area contributed by atoms with Crippen LogP contribution in [-0.4, -0.2) is 17.8 Å². The van der Waals surface area contributed by atoms with E-state index in [2.05, 4.69) is 20.7 Å². The molecule has 0 radical (unpaired) electrons. The van der Waals surface area contributed by atoms with E-state index in [4.69, 9.17) is 0 Å². The Kier molecular flexibility index (Phi) is 4.73. The summed E-state index contributed by atoms with van der Waals surface area (Å²) in [6.07, 6.45) is 0. The molecular formula is C10H9BrF2O2S. The third kappa shape index (κ3) is 3.75. The number of rotatable bonds is 4. The van der Waals surface area contributed by atoms with E-state index in [0.717, 1.165) is 0 Å². The topological polar surface area (TPSA) is 26.3 Å². The lowest BCUT2D eigenvalue weighted by Gasteiger charge is -2.13. The molecule has 0 aliphatic carbocycles. The SMILES string of the molecule is CCOC(=O)C(F)(F)Sc1cccc(Br)c1. The van der Waals surface area contributed by atoms with Gasteiger partial charge in [-0.2, -0.15) is 8.78 Å². The Morgan fingerprint density at radius 2 is 2.25 bits per heavy atom. The molecule has 0 aliphatic rings. The zero-order valence-electron chi connectivity index (χ0n) is 8.38. The zero-order valence-corrected chi connectivity index (χ0v) is 10.8. The minimum atomic E-state index is -3.56. The van der Waals surface area contributed by atoms with Crippen LogP contribution in [0.25, 0.3) is 0 Å². The van der Waals surface area contributed by atoms with E-state index in [1.54, 1.807) is 12.1 Å². The molecule has 88 valence electrons. The molecule has 0 N–H and O–H groups in total. The summed E-state index contributed by atoms with van der Waals surface area (Å²) in [5, 5.41) is -3.56. The molecule has 1 rings (SSSR count). The highest BCUT2D eigenvalue weighted by Crippen LogP contribution is 2.37. The Hall–Kier alpha value is -0.620. The standard InChI is InChI=1S/C10H9BrF2O2S/c1-2-15-9(14)10(12,13)16-8-5-3-4-7(11)6-8/h3-6H,2H2,1H3. The van der Waals surface area contributed by atoms with Gasteiger partial charge in [0.2, 0.25) is 0 Å².